The first-order valence-electron chi connectivity index (χ1n) is 17.6. The van der Waals surface area contributed by atoms with Crippen LogP contribution in [0.3, 0.4) is 0 Å². The summed E-state index contributed by atoms with van der Waals surface area (Å²) in [6.07, 6.45) is 40.8. The molecule has 0 aromatic heterocycles. The van der Waals surface area contributed by atoms with Gasteiger partial charge in [-0.1, -0.05) is 167 Å². The second-order valence-corrected chi connectivity index (χ2v) is 11.9. The minimum absolute atomic E-state index is 0.110. The lowest BCUT2D eigenvalue weighted by atomic mass is 10.0. The van der Waals surface area contributed by atoms with Gasteiger partial charge in [-0.25, -0.2) is 0 Å². The fourth-order valence-corrected chi connectivity index (χ4v) is 5.17. The third kappa shape index (κ3) is 28.4. The molecule has 0 fully saturated rings. The van der Waals surface area contributed by atoms with Crippen molar-refractivity contribution in [3.8, 4) is 0 Å². The summed E-state index contributed by atoms with van der Waals surface area (Å²) in [6, 6.07) is -0.629. The van der Waals surface area contributed by atoms with E-state index in [0.29, 0.717) is 6.42 Å². The number of aliphatic hydroxyl groups is 2. The van der Waals surface area contributed by atoms with Crippen LogP contribution in [0.2, 0.25) is 0 Å². The summed E-state index contributed by atoms with van der Waals surface area (Å²) in [7, 11) is 0. The molecule has 0 saturated heterocycles. The molecule has 0 aliphatic heterocycles. The zero-order valence-corrected chi connectivity index (χ0v) is 26.9. The number of carbonyl (C=O) groups is 1. The lowest BCUT2D eigenvalue weighted by Crippen LogP contribution is -2.45. The Morgan fingerprint density at radius 3 is 1.43 bits per heavy atom. The van der Waals surface area contributed by atoms with Crippen molar-refractivity contribution in [1.29, 1.82) is 0 Å². The molecule has 1 amide bonds. The normalized spacial score (nSPS) is 13.4. The quantitative estimate of drug-likeness (QED) is 0.0580. The van der Waals surface area contributed by atoms with E-state index >= 15 is 0 Å². The molecule has 0 spiro atoms. The SMILES string of the molecule is CCCCCCCCCCCCCCCCCCCCCC/C=C/CC/C=C/C(O)C(CO)NC(=O)CCCC. The highest BCUT2D eigenvalue weighted by Gasteiger charge is 2.17. The smallest absolute Gasteiger partial charge is 0.220 e. The average Bonchev–Trinajstić information content (AvgIpc) is 2.96. The number of carbonyl (C=O) groups excluding carboxylic acids is 1. The molecule has 0 radical (unpaired) electrons. The highest BCUT2D eigenvalue weighted by atomic mass is 16.3. The van der Waals surface area contributed by atoms with Crippen molar-refractivity contribution in [2.45, 2.75) is 193 Å². The number of unbranched alkanes of at least 4 members (excludes halogenated alkanes) is 22. The van der Waals surface area contributed by atoms with Crippen molar-refractivity contribution in [1.82, 2.24) is 5.32 Å². The topological polar surface area (TPSA) is 69.6 Å². The number of nitrogens with one attached hydrogen (secondary N) is 1. The molecule has 0 saturated carbocycles. The van der Waals surface area contributed by atoms with Crippen molar-refractivity contribution in [3.05, 3.63) is 24.3 Å². The zero-order valence-electron chi connectivity index (χ0n) is 26.9. The summed E-state index contributed by atoms with van der Waals surface area (Å²) in [4.78, 5) is 11.8. The Balaban J connectivity index is 3.41. The first-order valence-corrected chi connectivity index (χ1v) is 17.6. The second kappa shape index (κ2) is 32.4. The predicted molar refractivity (Wildman–Crippen MR) is 175 cm³/mol. The van der Waals surface area contributed by atoms with Crippen LogP contribution in [-0.4, -0.2) is 34.9 Å². The number of hydrogen-bond acceptors (Lipinski definition) is 3. The predicted octanol–water partition coefficient (Wildman–Crippen LogP) is 10.1. The van der Waals surface area contributed by atoms with Crippen LogP contribution in [-0.2, 0) is 4.79 Å². The number of amides is 1. The van der Waals surface area contributed by atoms with E-state index < -0.39 is 12.1 Å². The molecule has 0 heterocycles. The van der Waals surface area contributed by atoms with Crippen LogP contribution < -0.4 is 5.32 Å². The maximum Gasteiger partial charge on any atom is 0.220 e. The molecule has 4 nitrogen and oxygen atoms in total. The van der Waals surface area contributed by atoms with Gasteiger partial charge >= 0.3 is 0 Å². The average molecular weight is 564 g/mol. The summed E-state index contributed by atoms with van der Waals surface area (Å²) in [5, 5.41) is 22.4. The minimum Gasteiger partial charge on any atom is -0.394 e. The number of hydrogen-bond donors (Lipinski definition) is 3. The largest absolute Gasteiger partial charge is 0.394 e. The zero-order chi connectivity index (χ0) is 29.4. The molecule has 2 unspecified atom stereocenters. The molecule has 0 rings (SSSR count). The van der Waals surface area contributed by atoms with E-state index in [9.17, 15) is 15.0 Å². The molecule has 3 N–H and O–H groups in total. The van der Waals surface area contributed by atoms with Crippen LogP contribution in [0.1, 0.15) is 181 Å². The van der Waals surface area contributed by atoms with Crippen molar-refractivity contribution in [3.63, 3.8) is 0 Å². The highest BCUT2D eigenvalue weighted by Crippen LogP contribution is 2.15. The summed E-state index contributed by atoms with van der Waals surface area (Å²) in [5.41, 5.74) is 0. The lowest BCUT2D eigenvalue weighted by Gasteiger charge is -2.19. The van der Waals surface area contributed by atoms with Crippen molar-refractivity contribution in [2.24, 2.45) is 0 Å². The van der Waals surface area contributed by atoms with Crippen molar-refractivity contribution >= 4 is 5.91 Å². The molecule has 0 bridgehead atoms. The summed E-state index contributed by atoms with van der Waals surface area (Å²) >= 11 is 0. The molecule has 0 aliphatic carbocycles. The van der Waals surface area contributed by atoms with Gasteiger partial charge in [-0.15, -0.1) is 0 Å². The second-order valence-electron chi connectivity index (χ2n) is 11.9. The van der Waals surface area contributed by atoms with E-state index in [4.69, 9.17) is 0 Å². The van der Waals surface area contributed by atoms with Gasteiger partial charge in [0.05, 0.1) is 18.8 Å². The summed E-state index contributed by atoms with van der Waals surface area (Å²) in [5.74, 6) is -0.110. The maximum atomic E-state index is 11.8. The maximum absolute atomic E-state index is 11.8. The number of rotatable bonds is 31. The Kier molecular flexibility index (Phi) is 31.5. The summed E-state index contributed by atoms with van der Waals surface area (Å²) in [6.45, 7) is 4.06. The summed E-state index contributed by atoms with van der Waals surface area (Å²) < 4.78 is 0. The van der Waals surface area contributed by atoms with Gasteiger partial charge in [-0.3, -0.25) is 4.79 Å². The van der Waals surface area contributed by atoms with Gasteiger partial charge in [-0.2, -0.15) is 0 Å². The molecule has 236 valence electrons. The molecule has 4 heteroatoms. The fourth-order valence-electron chi connectivity index (χ4n) is 5.17. The third-order valence-electron chi connectivity index (χ3n) is 7.94. The van der Waals surface area contributed by atoms with Gasteiger partial charge < -0.3 is 15.5 Å². The minimum atomic E-state index is -0.853. The molecule has 2 atom stereocenters. The van der Waals surface area contributed by atoms with Crippen LogP contribution >= 0.6 is 0 Å². The van der Waals surface area contributed by atoms with E-state index in [0.717, 1.165) is 32.1 Å². The Bertz CT molecular complexity index is 574. The number of allylic oxidation sites excluding steroid dienone is 3. The van der Waals surface area contributed by atoms with Crippen molar-refractivity contribution < 1.29 is 15.0 Å². The first kappa shape index (κ1) is 38.9. The molecule has 0 aromatic rings. The van der Waals surface area contributed by atoms with E-state index in [1.165, 1.54) is 128 Å². The Morgan fingerprint density at radius 1 is 0.575 bits per heavy atom. The van der Waals surface area contributed by atoms with Gasteiger partial charge in [-0.05, 0) is 32.1 Å². The van der Waals surface area contributed by atoms with Gasteiger partial charge in [0.25, 0.3) is 0 Å². The molecule has 0 aromatic carbocycles. The fraction of sp³-hybridized carbons (Fsp3) is 0.861. The van der Waals surface area contributed by atoms with Crippen LogP contribution in [0, 0.1) is 0 Å². The Labute approximate surface area is 249 Å². The standard InChI is InChI=1S/C36H69NO3/c1-3-5-7-8-9-10-11-12-13-14-15-16-17-18-19-20-21-22-23-24-25-26-27-28-29-30-31-35(39)34(33-38)37-36(40)32-6-4-2/h26-27,30-31,34-35,38-39H,3-25,28-29,32-33H2,1-2H3,(H,37,40)/b27-26+,31-30+. The van der Waals surface area contributed by atoms with E-state index in [2.05, 4.69) is 24.4 Å². The molecule has 40 heavy (non-hydrogen) atoms. The Hall–Kier alpha value is -1.13. The molecular formula is C36H69NO3. The Morgan fingerprint density at radius 2 is 0.975 bits per heavy atom. The van der Waals surface area contributed by atoms with Crippen LogP contribution in [0.5, 0.6) is 0 Å². The monoisotopic (exact) mass is 564 g/mol. The molecular weight excluding hydrogens is 494 g/mol. The van der Waals surface area contributed by atoms with Crippen molar-refractivity contribution in [2.75, 3.05) is 6.61 Å². The number of aliphatic hydroxyl groups excluding tert-OH is 2. The highest BCUT2D eigenvalue weighted by molar-refractivity contribution is 5.76. The first-order chi connectivity index (χ1) is 19.7. The van der Waals surface area contributed by atoms with Gasteiger partial charge in [0.1, 0.15) is 0 Å². The van der Waals surface area contributed by atoms with E-state index in [1.807, 2.05) is 13.0 Å². The molecule has 0 aliphatic rings. The van der Waals surface area contributed by atoms with Crippen LogP contribution in [0.4, 0.5) is 0 Å². The lowest BCUT2D eigenvalue weighted by molar-refractivity contribution is -0.123. The van der Waals surface area contributed by atoms with E-state index in [1.54, 1.807) is 6.08 Å². The van der Waals surface area contributed by atoms with Crippen LogP contribution in [0.25, 0.3) is 0 Å². The van der Waals surface area contributed by atoms with Gasteiger partial charge in [0.2, 0.25) is 5.91 Å². The van der Waals surface area contributed by atoms with E-state index in [-0.39, 0.29) is 12.5 Å². The third-order valence-corrected chi connectivity index (χ3v) is 7.94. The van der Waals surface area contributed by atoms with Gasteiger partial charge in [0, 0.05) is 6.42 Å². The van der Waals surface area contributed by atoms with Gasteiger partial charge in [0.15, 0.2) is 0 Å². The van der Waals surface area contributed by atoms with Crippen LogP contribution in [0.15, 0.2) is 24.3 Å².